The Morgan fingerprint density at radius 1 is 1.25 bits per heavy atom. The number of amides is 1. The Bertz CT molecular complexity index is 598. The summed E-state index contributed by atoms with van der Waals surface area (Å²) in [5, 5.41) is 13.5. The molecule has 9 heteroatoms. The van der Waals surface area contributed by atoms with Crippen LogP contribution in [0.2, 0.25) is 0 Å². The Balaban J connectivity index is 2.26. The Labute approximate surface area is 165 Å². The van der Waals surface area contributed by atoms with Crippen molar-refractivity contribution < 1.29 is 24.2 Å². The zero-order chi connectivity index (χ0) is 20.8. The summed E-state index contributed by atoms with van der Waals surface area (Å²) in [6.07, 6.45) is 5.00. The van der Waals surface area contributed by atoms with Crippen molar-refractivity contribution in [2.75, 3.05) is 6.61 Å². The van der Waals surface area contributed by atoms with Gasteiger partial charge in [0.2, 0.25) is 5.91 Å². The minimum atomic E-state index is -1.04. The SMILES string of the molecule is CCC[C@H](C(=O)OCC)N(N=O)[C@@H](C)C(=O)N1[C@H](C(=O)O)C[C@H]2CCCC[C@@H]21. The van der Waals surface area contributed by atoms with Gasteiger partial charge in [0, 0.05) is 6.04 Å². The van der Waals surface area contributed by atoms with Gasteiger partial charge in [-0.2, -0.15) is 0 Å². The smallest absolute Gasteiger partial charge is 0.330 e. The van der Waals surface area contributed by atoms with E-state index in [9.17, 15) is 24.4 Å². The quantitative estimate of drug-likeness (QED) is 0.360. The number of carbonyl (C=O) groups excluding carboxylic acids is 2. The van der Waals surface area contributed by atoms with Gasteiger partial charge < -0.3 is 14.7 Å². The van der Waals surface area contributed by atoms with E-state index in [1.807, 2.05) is 6.92 Å². The molecule has 9 nitrogen and oxygen atoms in total. The first-order valence-electron chi connectivity index (χ1n) is 10.2. The third-order valence-corrected chi connectivity index (χ3v) is 5.92. The third kappa shape index (κ3) is 4.44. The first kappa shape index (κ1) is 22.1. The number of ether oxygens (including phenoxy) is 1. The molecule has 0 aromatic heterocycles. The molecule has 2 aliphatic rings. The number of carboxylic acid groups (broad SMARTS) is 1. The van der Waals surface area contributed by atoms with Crippen molar-refractivity contribution in [2.24, 2.45) is 11.2 Å². The molecule has 0 unspecified atom stereocenters. The Morgan fingerprint density at radius 3 is 2.50 bits per heavy atom. The van der Waals surface area contributed by atoms with Gasteiger partial charge in [-0.1, -0.05) is 26.2 Å². The van der Waals surface area contributed by atoms with E-state index in [0.717, 1.165) is 30.7 Å². The molecule has 158 valence electrons. The fourth-order valence-corrected chi connectivity index (χ4v) is 4.59. The van der Waals surface area contributed by atoms with E-state index in [0.29, 0.717) is 19.3 Å². The second-order valence-corrected chi connectivity index (χ2v) is 7.64. The van der Waals surface area contributed by atoms with Gasteiger partial charge in [0.05, 0.1) is 11.9 Å². The van der Waals surface area contributed by atoms with E-state index < -0.39 is 36.0 Å². The summed E-state index contributed by atoms with van der Waals surface area (Å²) in [5.41, 5.74) is 0. The van der Waals surface area contributed by atoms with Crippen molar-refractivity contribution in [3.8, 4) is 0 Å². The van der Waals surface area contributed by atoms with Crippen LogP contribution in [0.25, 0.3) is 0 Å². The summed E-state index contributed by atoms with van der Waals surface area (Å²) in [7, 11) is 0. The summed E-state index contributed by atoms with van der Waals surface area (Å²) >= 11 is 0. The van der Waals surface area contributed by atoms with Gasteiger partial charge in [-0.3, -0.25) is 4.79 Å². The molecule has 1 N–H and O–H groups in total. The van der Waals surface area contributed by atoms with Crippen molar-refractivity contribution in [3.63, 3.8) is 0 Å². The second-order valence-electron chi connectivity index (χ2n) is 7.64. The molecular weight excluding hydrogens is 366 g/mol. The highest BCUT2D eigenvalue weighted by Crippen LogP contribution is 2.40. The second kappa shape index (κ2) is 9.84. The predicted molar refractivity (Wildman–Crippen MR) is 101 cm³/mol. The van der Waals surface area contributed by atoms with Crippen LogP contribution in [0.4, 0.5) is 0 Å². The van der Waals surface area contributed by atoms with Crippen LogP contribution in [0.5, 0.6) is 0 Å². The molecular formula is C19H31N3O6. The maximum atomic E-state index is 13.3. The highest BCUT2D eigenvalue weighted by molar-refractivity contribution is 5.88. The Hall–Kier alpha value is -2.19. The fraction of sp³-hybridized carbons (Fsp3) is 0.842. The summed E-state index contributed by atoms with van der Waals surface area (Å²) in [4.78, 5) is 50.4. The summed E-state index contributed by atoms with van der Waals surface area (Å²) < 4.78 is 5.04. The molecule has 0 radical (unpaired) electrons. The normalized spacial score (nSPS) is 26.1. The number of hydrogen-bond acceptors (Lipinski definition) is 6. The number of likely N-dealkylation sites (tertiary alicyclic amines) is 1. The van der Waals surface area contributed by atoms with Crippen molar-refractivity contribution in [1.29, 1.82) is 0 Å². The summed E-state index contributed by atoms with van der Waals surface area (Å²) in [6.45, 7) is 5.18. The number of aliphatic carboxylic acids is 1. The molecule has 0 bridgehead atoms. The molecule has 1 saturated heterocycles. The maximum Gasteiger partial charge on any atom is 0.330 e. The number of rotatable bonds is 9. The van der Waals surface area contributed by atoms with Crippen molar-refractivity contribution in [1.82, 2.24) is 9.91 Å². The molecule has 0 aromatic rings. The topological polar surface area (TPSA) is 117 Å². The lowest BCUT2D eigenvalue weighted by molar-refractivity contribution is -0.157. The van der Waals surface area contributed by atoms with E-state index in [-0.39, 0.29) is 18.6 Å². The highest BCUT2D eigenvalue weighted by atomic mass is 16.5. The van der Waals surface area contributed by atoms with Crippen LogP contribution in [0.3, 0.4) is 0 Å². The average molecular weight is 397 g/mol. The number of nitrogens with zero attached hydrogens (tertiary/aromatic N) is 3. The molecule has 5 atom stereocenters. The Kier molecular flexibility index (Phi) is 7.77. The van der Waals surface area contributed by atoms with Crippen molar-refractivity contribution in [2.45, 2.75) is 89.9 Å². The van der Waals surface area contributed by atoms with Gasteiger partial charge in [0.1, 0.15) is 18.1 Å². The minimum absolute atomic E-state index is 0.134. The standard InChI is InChI=1S/C19H31N3O6/c1-4-8-15(19(26)28-5-2)22(20-27)12(3)17(23)21-14-10-7-6-9-13(14)11-16(21)18(24)25/h12-16H,4-11H2,1-3H3,(H,24,25)/t12-,13+,14-,15+,16-/m0/s1. The van der Waals surface area contributed by atoms with Crippen LogP contribution in [0.1, 0.15) is 65.7 Å². The van der Waals surface area contributed by atoms with Crippen molar-refractivity contribution >= 4 is 17.8 Å². The van der Waals surface area contributed by atoms with E-state index >= 15 is 0 Å². The lowest BCUT2D eigenvalue weighted by Gasteiger charge is -2.37. The maximum absolute atomic E-state index is 13.3. The van der Waals surface area contributed by atoms with Gasteiger partial charge in [-0.05, 0) is 45.4 Å². The molecule has 1 amide bonds. The van der Waals surface area contributed by atoms with E-state index in [1.54, 1.807) is 6.92 Å². The van der Waals surface area contributed by atoms with Gasteiger partial charge in [0.15, 0.2) is 0 Å². The molecule has 28 heavy (non-hydrogen) atoms. The number of nitroso groups, excluding NO2 is 1. The predicted octanol–water partition coefficient (Wildman–Crippen LogP) is 2.33. The zero-order valence-electron chi connectivity index (χ0n) is 16.9. The summed E-state index contributed by atoms with van der Waals surface area (Å²) in [5.74, 6) is -1.93. The van der Waals surface area contributed by atoms with Crippen LogP contribution in [0.15, 0.2) is 5.29 Å². The third-order valence-electron chi connectivity index (χ3n) is 5.92. The molecule has 1 aliphatic carbocycles. The summed E-state index contributed by atoms with van der Waals surface area (Å²) in [6, 6.07) is -3.04. The van der Waals surface area contributed by atoms with Crippen LogP contribution in [-0.4, -0.2) is 63.6 Å². The molecule has 2 rings (SSSR count). The largest absolute Gasteiger partial charge is 0.480 e. The van der Waals surface area contributed by atoms with Crippen LogP contribution in [-0.2, 0) is 19.1 Å². The van der Waals surface area contributed by atoms with Crippen LogP contribution < -0.4 is 0 Å². The van der Waals surface area contributed by atoms with Crippen molar-refractivity contribution in [3.05, 3.63) is 4.91 Å². The minimum Gasteiger partial charge on any atom is -0.480 e. The first-order chi connectivity index (χ1) is 13.4. The molecule has 1 saturated carbocycles. The zero-order valence-corrected chi connectivity index (χ0v) is 16.9. The van der Waals surface area contributed by atoms with Crippen LogP contribution in [0, 0.1) is 10.8 Å². The average Bonchev–Trinajstić information content (AvgIpc) is 3.07. The van der Waals surface area contributed by atoms with E-state index in [4.69, 9.17) is 4.74 Å². The number of hydrogen-bond donors (Lipinski definition) is 1. The first-order valence-corrected chi connectivity index (χ1v) is 10.2. The molecule has 1 aliphatic heterocycles. The number of carbonyl (C=O) groups is 3. The lowest BCUT2D eigenvalue weighted by Crippen LogP contribution is -2.55. The van der Waals surface area contributed by atoms with E-state index in [1.165, 1.54) is 11.8 Å². The number of fused-ring (bicyclic) bond motifs is 1. The van der Waals surface area contributed by atoms with E-state index in [2.05, 4.69) is 5.29 Å². The Morgan fingerprint density at radius 2 is 1.93 bits per heavy atom. The molecule has 0 aromatic carbocycles. The number of carboxylic acids is 1. The highest BCUT2D eigenvalue weighted by Gasteiger charge is 2.49. The van der Waals surface area contributed by atoms with Gasteiger partial charge >= 0.3 is 11.9 Å². The van der Waals surface area contributed by atoms with Gasteiger partial charge in [-0.15, -0.1) is 4.91 Å². The monoisotopic (exact) mass is 397 g/mol. The molecule has 0 spiro atoms. The number of esters is 1. The molecule has 2 fully saturated rings. The van der Waals surface area contributed by atoms with Gasteiger partial charge in [0.25, 0.3) is 0 Å². The lowest BCUT2D eigenvalue weighted by atomic mass is 9.84. The fourth-order valence-electron chi connectivity index (χ4n) is 4.59. The van der Waals surface area contributed by atoms with Gasteiger partial charge in [-0.25, -0.2) is 14.6 Å². The van der Waals surface area contributed by atoms with Crippen LogP contribution >= 0.6 is 0 Å². The molecule has 1 heterocycles.